The van der Waals surface area contributed by atoms with Crippen LogP contribution >= 0.6 is 0 Å². The highest BCUT2D eigenvalue weighted by Gasteiger charge is 2.01. The SMILES string of the molecule is Nc1ncc(-c2ccc3ncccc3c2)cn1. The van der Waals surface area contributed by atoms with Gasteiger partial charge in [-0.2, -0.15) is 0 Å². The average molecular weight is 222 g/mol. The molecule has 4 nitrogen and oxygen atoms in total. The molecule has 3 rings (SSSR count). The summed E-state index contributed by atoms with van der Waals surface area (Å²) < 4.78 is 0. The summed E-state index contributed by atoms with van der Waals surface area (Å²) >= 11 is 0. The lowest BCUT2D eigenvalue weighted by Crippen LogP contribution is -1.93. The molecule has 0 radical (unpaired) electrons. The molecular weight excluding hydrogens is 212 g/mol. The number of aromatic nitrogens is 3. The van der Waals surface area contributed by atoms with Crippen LogP contribution in [0.3, 0.4) is 0 Å². The first-order valence-electron chi connectivity index (χ1n) is 5.25. The van der Waals surface area contributed by atoms with E-state index < -0.39 is 0 Å². The zero-order chi connectivity index (χ0) is 11.7. The third-order valence-corrected chi connectivity index (χ3v) is 2.61. The van der Waals surface area contributed by atoms with Crippen molar-refractivity contribution in [3.05, 3.63) is 48.9 Å². The van der Waals surface area contributed by atoms with Gasteiger partial charge in [-0.25, -0.2) is 9.97 Å². The third kappa shape index (κ3) is 1.80. The average Bonchev–Trinajstić information content (AvgIpc) is 2.39. The van der Waals surface area contributed by atoms with Gasteiger partial charge >= 0.3 is 0 Å². The van der Waals surface area contributed by atoms with Crippen molar-refractivity contribution in [3.63, 3.8) is 0 Å². The molecule has 0 saturated carbocycles. The molecule has 1 aromatic carbocycles. The minimum absolute atomic E-state index is 0.288. The molecule has 0 atom stereocenters. The fourth-order valence-corrected chi connectivity index (χ4v) is 1.74. The second kappa shape index (κ2) is 3.83. The van der Waals surface area contributed by atoms with E-state index in [1.165, 1.54) is 0 Å². The summed E-state index contributed by atoms with van der Waals surface area (Å²) in [5.74, 6) is 0.288. The number of fused-ring (bicyclic) bond motifs is 1. The smallest absolute Gasteiger partial charge is 0.219 e. The minimum Gasteiger partial charge on any atom is -0.368 e. The lowest BCUT2D eigenvalue weighted by Gasteiger charge is -2.02. The minimum atomic E-state index is 0.288. The second-order valence-corrected chi connectivity index (χ2v) is 3.74. The van der Waals surface area contributed by atoms with Crippen LogP contribution in [0.2, 0.25) is 0 Å². The highest BCUT2D eigenvalue weighted by Crippen LogP contribution is 2.22. The molecule has 0 fully saturated rings. The Bertz CT molecular complexity index is 662. The van der Waals surface area contributed by atoms with Crippen molar-refractivity contribution >= 4 is 16.9 Å². The van der Waals surface area contributed by atoms with E-state index in [2.05, 4.69) is 21.0 Å². The van der Waals surface area contributed by atoms with Gasteiger partial charge in [0.2, 0.25) is 5.95 Å². The van der Waals surface area contributed by atoms with Gasteiger partial charge in [0.05, 0.1) is 5.52 Å². The molecule has 0 bridgehead atoms. The number of nitrogens with two attached hydrogens (primary N) is 1. The van der Waals surface area contributed by atoms with E-state index in [-0.39, 0.29) is 5.95 Å². The first-order chi connectivity index (χ1) is 8.33. The van der Waals surface area contributed by atoms with Gasteiger partial charge in [-0.1, -0.05) is 12.1 Å². The number of benzene rings is 1. The first-order valence-corrected chi connectivity index (χ1v) is 5.25. The quantitative estimate of drug-likeness (QED) is 0.686. The lowest BCUT2D eigenvalue weighted by atomic mass is 10.1. The summed E-state index contributed by atoms with van der Waals surface area (Å²) in [6.45, 7) is 0. The number of nitrogen functional groups attached to an aromatic ring is 1. The molecule has 2 N–H and O–H groups in total. The Hall–Kier alpha value is -2.49. The molecule has 3 aromatic rings. The fraction of sp³-hybridized carbons (Fsp3) is 0. The normalized spacial score (nSPS) is 10.6. The summed E-state index contributed by atoms with van der Waals surface area (Å²) in [7, 11) is 0. The van der Waals surface area contributed by atoms with Gasteiger partial charge in [-0.3, -0.25) is 4.98 Å². The molecule has 0 aliphatic heterocycles. The van der Waals surface area contributed by atoms with Crippen LogP contribution in [0.15, 0.2) is 48.9 Å². The number of hydrogen-bond donors (Lipinski definition) is 1. The summed E-state index contributed by atoms with van der Waals surface area (Å²) in [6, 6.07) is 10.0. The maximum atomic E-state index is 5.46. The van der Waals surface area contributed by atoms with E-state index in [1.807, 2.05) is 24.3 Å². The molecule has 82 valence electrons. The number of nitrogens with zero attached hydrogens (tertiary/aromatic N) is 3. The summed E-state index contributed by atoms with van der Waals surface area (Å²) in [5.41, 5.74) is 8.45. The molecule has 4 heteroatoms. The Labute approximate surface area is 98.2 Å². The van der Waals surface area contributed by atoms with Gasteiger partial charge in [-0.05, 0) is 23.8 Å². The summed E-state index contributed by atoms with van der Waals surface area (Å²) in [6.07, 6.45) is 5.23. The Morgan fingerprint density at radius 3 is 2.53 bits per heavy atom. The number of anilines is 1. The number of hydrogen-bond acceptors (Lipinski definition) is 4. The van der Waals surface area contributed by atoms with Gasteiger partial charge in [0.15, 0.2) is 0 Å². The first kappa shape index (κ1) is 9.72. The Morgan fingerprint density at radius 1 is 0.882 bits per heavy atom. The van der Waals surface area contributed by atoms with Crippen molar-refractivity contribution < 1.29 is 0 Å². The molecular formula is C13H10N4. The number of rotatable bonds is 1. The van der Waals surface area contributed by atoms with E-state index in [0.717, 1.165) is 22.0 Å². The van der Waals surface area contributed by atoms with Gasteiger partial charge < -0.3 is 5.73 Å². The molecule has 0 aliphatic rings. The Kier molecular flexibility index (Phi) is 2.19. The van der Waals surface area contributed by atoms with Crippen molar-refractivity contribution in [3.8, 4) is 11.1 Å². The molecule has 0 amide bonds. The van der Waals surface area contributed by atoms with Crippen LogP contribution in [-0.4, -0.2) is 15.0 Å². The maximum absolute atomic E-state index is 5.46. The predicted molar refractivity (Wildman–Crippen MR) is 67.2 cm³/mol. The van der Waals surface area contributed by atoms with E-state index in [9.17, 15) is 0 Å². The van der Waals surface area contributed by atoms with Gasteiger partial charge in [0.25, 0.3) is 0 Å². The van der Waals surface area contributed by atoms with E-state index in [1.54, 1.807) is 18.6 Å². The van der Waals surface area contributed by atoms with Crippen LogP contribution in [0.1, 0.15) is 0 Å². The van der Waals surface area contributed by atoms with Crippen molar-refractivity contribution in [2.75, 3.05) is 5.73 Å². The topological polar surface area (TPSA) is 64.7 Å². The molecule has 2 aromatic heterocycles. The maximum Gasteiger partial charge on any atom is 0.219 e. The fourth-order valence-electron chi connectivity index (χ4n) is 1.74. The molecule has 2 heterocycles. The van der Waals surface area contributed by atoms with Crippen molar-refractivity contribution in [1.29, 1.82) is 0 Å². The van der Waals surface area contributed by atoms with Crippen LogP contribution in [0.5, 0.6) is 0 Å². The largest absolute Gasteiger partial charge is 0.368 e. The molecule has 0 spiro atoms. The summed E-state index contributed by atoms with van der Waals surface area (Å²) in [5, 5.41) is 1.10. The van der Waals surface area contributed by atoms with Gasteiger partial charge in [-0.15, -0.1) is 0 Å². The van der Waals surface area contributed by atoms with Crippen molar-refractivity contribution in [1.82, 2.24) is 15.0 Å². The third-order valence-electron chi connectivity index (χ3n) is 2.61. The zero-order valence-corrected chi connectivity index (χ0v) is 9.04. The zero-order valence-electron chi connectivity index (χ0n) is 9.04. The Morgan fingerprint density at radius 2 is 1.71 bits per heavy atom. The van der Waals surface area contributed by atoms with Gasteiger partial charge in [0, 0.05) is 29.5 Å². The monoisotopic (exact) mass is 222 g/mol. The van der Waals surface area contributed by atoms with Crippen molar-refractivity contribution in [2.24, 2.45) is 0 Å². The molecule has 0 unspecified atom stereocenters. The van der Waals surface area contributed by atoms with E-state index in [0.29, 0.717) is 0 Å². The van der Waals surface area contributed by atoms with Crippen molar-refractivity contribution in [2.45, 2.75) is 0 Å². The predicted octanol–water partition coefficient (Wildman–Crippen LogP) is 2.27. The van der Waals surface area contributed by atoms with Crippen LogP contribution in [-0.2, 0) is 0 Å². The summed E-state index contributed by atoms with van der Waals surface area (Å²) in [4.78, 5) is 12.3. The van der Waals surface area contributed by atoms with Crippen LogP contribution in [0.25, 0.3) is 22.0 Å². The highest BCUT2D eigenvalue weighted by molar-refractivity contribution is 5.84. The standard InChI is InChI=1S/C13H10N4/c14-13-16-7-11(8-17-13)9-3-4-12-10(6-9)2-1-5-15-12/h1-8H,(H2,14,16,17). The highest BCUT2D eigenvalue weighted by atomic mass is 15.0. The van der Waals surface area contributed by atoms with E-state index >= 15 is 0 Å². The van der Waals surface area contributed by atoms with Crippen LogP contribution < -0.4 is 5.73 Å². The van der Waals surface area contributed by atoms with Gasteiger partial charge in [0.1, 0.15) is 0 Å². The van der Waals surface area contributed by atoms with Crippen LogP contribution in [0, 0.1) is 0 Å². The second-order valence-electron chi connectivity index (χ2n) is 3.74. The molecule has 17 heavy (non-hydrogen) atoms. The lowest BCUT2D eigenvalue weighted by molar-refractivity contribution is 1.19. The Balaban J connectivity index is 2.14. The number of pyridine rings is 1. The van der Waals surface area contributed by atoms with Crippen LogP contribution in [0.4, 0.5) is 5.95 Å². The van der Waals surface area contributed by atoms with E-state index in [4.69, 9.17) is 5.73 Å². The molecule has 0 saturated heterocycles. The molecule has 0 aliphatic carbocycles.